The summed E-state index contributed by atoms with van der Waals surface area (Å²) in [6, 6.07) is 13.0. The lowest BCUT2D eigenvalue weighted by molar-refractivity contribution is -0.384. The predicted molar refractivity (Wildman–Crippen MR) is 148 cm³/mol. The van der Waals surface area contributed by atoms with E-state index in [-0.39, 0.29) is 17.6 Å². The quantitative estimate of drug-likeness (QED) is 0.266. The molecule has 1 saturated carbocycles. The Balaban J connectivity index is 1.56. The van der Waals surface area contributed by atoms with Gasteiger partial charge in [0.05, 0.1) is 28.7 Å². The Hall–Kier alpha value is -3.17. The molecule has 0 radical (unpaired) electrons. The van der Waals surface area contributed by atoms with Crippen LogP contribution in [0.5, 0.6) is 0 Å². The molecule has 1 aliphatic carbocycles. The van der Waals surface area contributed by atoms with E-state index in [0.717, 1.165) is 49.0 Å². The summed E-state index contributed by atoms with van der Waals surface area (Å²) >= 11 is 1.37. The molecular weight excluding hydrogens is 488 g/mol. The van der Waals surface area contributed by atoms with Crippen LogP contribution in [0.2, 0.25) is 0 Å². The Labute approximate surface area is 221 Å². The lowest BCUT2D eigenvalue weighted by Gasteiger charge is -2.30. The summed E-state index contributed by atoms with van der Waals surface area (Å²) in [7, 11) is 0. The fraction of sp³-hybridized carbons (Fsp3) is 0.429. The first-order chi connectivity index (χ1) is 18.0. The normalized spacial score (nSPS) is 21.3. The van der Waals surface area contributed by atoms with Crippen LogP contribution in [-0.2, 0) is 16.0 Å². The Kier molecular flexibility index (Phi) is 7.90. The van der Waals surface area contributed by atoms with Gasteiger partial charge in [-0.05, 0) is 54.8 Å². The van der Waals surface area contributed by atoms with Crippen molar-refractivity contribution in [2.45, 2.75) is 51.5 Å². The number of non-ortho nitro benzene ring substituents is 1. The fourth-order valence-electron chi connectivity index (χ4n) is 5.25. The largest absolute Gasteiger partial charge is 0.378 e. The molecule has 194 valence electrons. The van der Waals surface area contributed by atoms with Crippen LogP contribution in [0.25, 0.3) is 6.08 Å². The van der Waals surface area contributed by atoms with Crippen LogP contribution in [0.1, 0.15) is 50.2 Å². The molecule has 0 aromatic heterocycles. The second kappa shape index (κ2) is 11.5. The number of thioether (sulfide) groups is 1. The van der Waals surface area contributed by atoms with Gasteiger partial charge in [0.1, 0.15) is 0 Å². The Morgan fingerprint density at radius 2 is 1.89 bits per heavy atom. The number of aryl methyl sites for hydroxylation is 1. The number of ether oxygens (including phenoxy) is 1. The number of rotatable bonds is 6. The number of amidine groups is 1. The number of benzene rings is 2. The fourth-order valence-corrected chi connectivity index (χ4v) is 6.29. The topological polar surface area (TPSA) is 88.3 Å². The Morgan fingerprint density at radius 3 is 2.62 bits per heavy atom. The number of nitrogens with zero attached hydrogens (tertiary/aromatic N) is 4. The van der Waals surface area contributed by atoms with Crippen molar-refractivity contribution in [3.05, 3.63) is 68.6 Å². The number of amides is 1. The van der Waals surface area contributed by atoms with E-state index in [1.807, 2.05) is 29.2 Å². The number of para-hydroxylation sites is 1. The standard InChI is InChI=1S/C28H32N4O4S/c1-2-20-8-6-7-11-24(20)29-28-31(22-9-4-3-5-10-22)27(33)26(37-28)19-21-18-23(32(34)35)12-13-25(21)30-14-16-36-17-15-30/h6-8,11-13,18-19,22H,2-5,9-10,14-17H2,1H3/b26-19+,29-28?. The zero-order valence-electron chi connectivity index (χ0n) is 21.1. The van der Waals surface area contributed by atoms with Crippen LogP contribution in [0, 0.1) is 10.1 Å². The van der Waals surface area contributed by atoms with E-state index in [2.05, 4.69) is 17.9 Å². The summed E-state index contributed by atoms with van der Waals surface area (Å²) in [5.74, 6) is -0.0657. The molecule has 2 heterocycles. The van der Waals surface area contributed by atoms with Crippen molar-refractivity contribution in [3.63, 3.8) is 0 Å². The van der Waals surface area contributed by atoms with Gasteiger partial charge in [0, 0.05) is 42.5 Å². The smallest absolute Gasteiger partial charge is 0.270 e. The maximum Gasteiger partial charge on any atom is 0.270 e. The van der Waals surface area contributed by atoms with Crippen molar-refractivity contribution in [2.75, 3.05) is 31.2 Å². The van der Waals surface area contributed by atoms with Gasteiger partial charge in [0.25, 0.3) is 11.6 Å². The number of carbonyl (C=O) groups is 1. The Morgan fingerprint density at radius 1 is 1.14 bits per heavy atom. The zero-order valence-corrected chi connectivity index (χ0v) is 21.9. The van der Waals surface area contributed by atoms with Gasteiger partial charge in [0.2, 0.25) is 0 Å². The van der Waals surface area contributed by atoms with Gasteiger partial charge in [-0.3, -0.25) is 19.8 Å². The first-order valence-electron chi connectivity index (χ1n) is 13.1. The monoisotopic (exact) mass is 520 g/mol. The maximum atomic E-state index is 13.9. The third-order valence-corrected chi connectivity index (χ3v) is 8.21. The van der Waals surface area contributed by atoms with Gasteiger partial charge in [-0.2, -0.15) is 0 Å². The van der Waals surface area contributed by atoms with E-state index in [1.54, 1.807) is 12.1 Å². The second-order valence-electron chi connectivity index (χ2n) is 9.55. The summed E-state index contributed by atoms with van der Waals surface area (Å²) < 4.78 is 5.50. The summed E-state index contributed by atoms with van der Waals surface area (Å²) in [6.45, 7) is 4.70. The number of anilines is 1. The number of aliphatic imine (C=N–C) groups is 1. The Bertz CT molecular complexity index is 1230. The van der Waals surface area contributed by atoms with Gasteiger partial charge in [-0.1, -0.05) is 44.4 Å². The summed E-state index contributed by atoms with van der Waals surface area (Å²) in [4.78, 5) is 34.6. The molecule has 0 N–H and O–H groups in total. The molecule has 5 rings (SSSR count). The molecule has 2 aromatic rings. The third-order valence-electron chi connectivity index (χ3n) is 7.23. The highest BCUT2D eigenvalue weighted by Crippen LogP contribution is 2.40. The van der Waals surface area contributed by atoms with Crippen LogP contribution in [0.3, 0.4) is 0 Å². The SMILES string of the molecule is CCc1ccccc1N=C1S/C(=C/c2cc([N+](=O)[O-])ccc2N2CCOCC2)C(=O)N1C1CCCCC1. The molecule has 0 atom stereocenters. The van der Waals surface area contributed by atoms with E-state index >= 15 is 0 Å². The molecule has 9 heteroatoms. The van der Waals surface area contributed by atoms with Crippen molar-refractivity contribution in [2.24, 2.45) is 4.99 Å². The van der Waals surface area contributed by atoms with E-state index in [9.17, 15) is 14.9 Å². The van der Waals surface area contributed by atoms with E-state index < -0.39 is 4.92 Å². The van der Waals surface area contributed by atoms with Crippen LogP contribution in [0.4, 0.5) is 17.1 Å². The molecule has 2 aliphatic heterocycles. The van der Waals surface area contributed by atoms with Gasteiger partial charge >= 0.3 is 0 Å². The minimum absolute atomic E-state index is 0.00852. The number of nitro groups is 1. The molecule has 3 aliphatic rings. The van der Waals surface area contributed by atoms with Crippen LogP contribution in [-0.4, -0.2) is 53.2 Å². The van der Waals surface area contributed by atoms with Crippen LogP contribution in [0.15, 0.2) is 52.4 Å². The summed E-state index contributed by atoms with van der Waals surface area (Å²) in [6.07, 6.45) is 7.99. The molecule has 1 amide bonds. The first kappa shape index (κ1) is 25.5. The highest BCUT2D eigenvalue weighted by Gasteiger charge is 2.39. The molecule has 2 aromatic carbocycles. The number of carbonyl (C=O) groups excluding carboxylic acids is 1. The molecule has 3 fully saturated rings. The number of nitro benzene ring substituents is 1. The van der Waals surface area contributed by atoms with Crippen molar-refractivity contribution in [1.82, 2.24) is 4.90 Å². The van der Waals surface area contributed by atoms with E-state index in [4.69, 9.17) is 9.73 Å². The lowest BCUT2D eigenvalue weighted by Crippen LogP contribution is -2.40. The highest BCUT2D eigenvalue weighted by atomic mass is 32.2. The van der Waals surface area contributed by atoms with E-state index in [0.29, 0.717) is 41.9 Å². The first-order valence-corrected chi connectivity index (χ1v) is 13.9. The minimum atomic E-state index is -0.391. The van der Waals surface area contributed by atoms with Crippen molar-refractivity contribution in [3.8, 4) is 0 Å². The molecular formula is C28H32N4O4S. The summed E-state index contributed by atoms with van der Waals surface area (Å²) in [5.41, 5.74) is 3.57. The molecule has 0 bridgehead atoms. The van der Waals surface area contributed by atoms with Gasteiger partial charge < -0.3 is 9.64 Å². The summed E-state index contributed by atoms with van der Waals surface area (Å²) in [5, 5.41) is 12.3. The zero-order chi connectivity index (χ0) is 25.8. The van der Waals surface area contributed by atoms with Crippen molar-refractivity contribution >= 4 is 46.0 Å². The average Bonchev–Trinajstić information content (AvgIpc) is 3.23. The lowest BCUT2D eigenvalue weighted by atomic mass is 9.94. The predicted octanol–water partition coefficient (Wildman–Crippen LogP) is 5.93. The van der Waals surface area contributed by atoms with Gasteiger partial charge in [-0.25, -0.2) is 4.99 Å². The average molecular weight is 521 g/mol. The molecule has 0 unspecified atom stereocenters. The minimum Gasteiger partial charge on any atom is -0.378 e. The van der Waals surface area contributed by atoms with Gasteiger partial charge in [0.15, 0.2) is 5.17 Å². The molecule has 0 spiro atoms. The molecule has 8 nitrogen and oxygen atoms in total. The number of morpholine rings is 1. The second-order valence-corrected chi connectivity index (χ2v) is 10.6. The van der Waals surface area contributed by atoms with Crippen LogP contribution < -0.4 is 4.90 Å². The maximum absolute atomic E-state index is 13.9. The molecule has 37 heavy (non-hydrogen) atoms. The third kappa shape index (κ3) is 5.57. The molecule has 2 saturated heterocycles. The highest BCUT2D eigenvalue weighted by molar-refractivity contribution is 8.18. The van der Waals surface area contributed by atoms with Crippen LogP contribution >= 0.6 is 11.8 Å². The number of hydrogen-bond acceptors (Lipinski definition) is 7. The number of hydrogen-bond donors (Lipinski definition) is 0. The van der Waals surface area contributed by atoms with Gasteiger partial charge in [-0.15, -0.1) is 0 Å². The van der Waals surface area contributed by atoms with Crippen molar-refractivity contribution < 1.29 is 14.5 Å². The van der Waals surface area contributed by atoms with Crippen molar-refractivity contribution in [1.29, 1.82) is 0 Å². The van der Waals surface area contributed by atoms with E-state index in [1.165, 1.54) is 24.2 Å².